The molecule has 0 aliphatic carbocycles. The van der Waals surface area contributed by atoms with Crippen molar-refractivity contribution in [2.45, 2.75) is 0 Å². The zero-order valence-electron chi connectivity index (χ0n) is 10.8. The molecule has 0 spiro atoms. The van der Waals surface area contributed by atoms with Gasteiger partial charge in [-0.3, -0.25) is 0 Å². The van der Waals surface area contributed by atoms with Gasteiger partial charge in [-0.1, -0.05) is 5.11 Å². The molecule has 0 N–H and O–H groups in total. The van der Waals surface area contributed by atoms with Crippen LogP contribution < -0.4 is 9.47 Å². The second-order valence-corrected chi connectivity index (χ2v) is 3.36. The normalized spacial score (nSPS) is 10.4. The third kappa shape index (κ3) is 3.93. The van der Waals surface area contributed by atoms with E-state index in [2.05, 4.69) is 14.8 Å². The molecule has 0 bridgehead atoms. The molecule has 0 aliphatic heterocycles. The second-order valence-electron chi connectivity index (χ2n) is 3.36. The zero-order chi connectivity index (χ0) is 14.3. The van der Waals surface area contributed by atoms with E-state index in [1.54, 1.807) is 18.2 Å². The fraction of sp³-hybridized carbons (Fsp3) is 0.250. The number of ether oxygens (including phenoxy) is 3. The standard InChI is InChI=1S/C12H13N3O4/c1-17-9-4-8(5-10(7-9)18-2)6-11(14-15-13)12(16)19-3/h4-7H,1-3H3. The lowest BCUT2D eigenvalue weighted by molar-refractivity contribution is -0.136. The Labute approximate surface area is 110 Å². The Morgan fingerprint density at radius 1 is 1.21 bits per heavy atom. The molecule has 0 saturated heterocycles. The number of benzene rings is 1. The van der Waals surface area contributed by atoms with Crippen LogP contribution in [0.1, 0.15) is 5.56 Å². The molecule has 100 valence electrons. The number of carbonyl (C=O) groups excluding carboxylic acids is 1. The van der Waals surface area contributed by atoms with Crippen LogP contribution in [0.4, 0.5) is 0 Å². The number of methoxy groups -OCH3 is 3. The van der Waals surface area contributed by atoms with E-state index >= 15 is 0 Å². The van der Waals surface area contributed by atoms with Gasteiger partial charge in [-0.25, -0.2) is 4.79 Å². The first-order valence-electron chi connectivity index (χ1n) is 5.22. The van der Waals surface area contributed by atoms with Crippen molar-refractivity contribution < 1.29 is 19.0 Å². The summed E-state index contributed by atoms with van der Waals surface area (Å²) in [6.07, 6.45) is 1.39. The lowest BCUT2D eigenvalue weighted by Gasteiger charge is -2.06. The number of azide groups is 1. The average Bonchev–Trinajstić information content (AvgIpc) is 2.45. The minimum atomic E-state index is -0.723. The summed E-state index contributed by atoms with van der Waals surface area (Å²) in [5, 5.41) is 3.29. The summed E-state index contributed by atoms with van der Waals surface area (Å²) in [5.74, 6) is 0.381. The molecule has 0 unspecified atom stereocenters. The van der Waals surface area contributed by atoms with Crippen LogP contribution in [0.25, 0.3) is 16.5 Å². The van der Waals surface area contributed by atoms with Gasteiger partial charge in [0.2, 0.25) is 0 Å². The molecular formula is C12H13N3O4. The van der Waals surface area contributed by atoms with Crippen LogP contribution in [0.2, 0.25) is 0 Å². The highest BCUT2D eigenvalue weighted by atomic mass is 16.5. The maximum Gasteiger partial charge on any atom is 0.340 e. The topological polar surface area (TPSA) is 93.5 Å². The van der Waals surface area contributed by atoms with E-state index in [1.807, 2.05) is 0 Å². The molecule has 1 aromatic carbocycles. The predicted octanol–water partition coefficient (Wildman–Crippen LogP) is 2.53. The molecular weight excluding hydrogens is 250 g/mol. The van der Waals surface area contributed by atoms with Gasteiger partial charge in [0, 0.05) is 11.0 Å². The van der Waals surface area contributed by atoms with E-state index in [-0.39, 0.29) is 5.70 Å². The van der Waals surface area contributed by atoms with Crippen LogP contribution in [-0.4, -0.2) is 27.3 Å². The maximum absolute atomic E-state index is 11.4. The second kappa shape index (κ2) is 6.93. The van der Waals surface area contributed by atoms with Crippen LogP contribution in [0.15, 0.2) is 29.0 Å². The van der Waals surface area contributed by atoms with E-state index in [9.17, 15) is 4.79 Å². The van der Waals surface area contributed by atoms with Gasteiger partial charge in [0.15, 0.2) is 0 Å². The summed E-state index contributed by atoms with van der Waals surface area (Å²) in [7, 11) is 4.23. The Bertz CT molecular complexity index is 526. The number of carbonyl (C=O) groups is 1. The monoisotopic (exact) mass is 263 g/mol. The van der Waals surface area contributed by atoms with Gasteiger partial charge >= 0.3 is 5.97 Å². The van der Waals surface area contributed by atoms with E-state index in [0.717, 1.165) is 0 Å². The summed E-state index contributed by atoms with van der Waals surface area (Å²) in [6, 6.07) is 5.01. The number of hydrogen-bond acceptors (Lipinski definition) is 5. The Morgan fingerprint density at radius 3 is 2.21 bits per heavy atom. The van der Waals surface area contributed by atoms with Crippen LogP contribution in [0.5, 0.6) is 11.5 Å². The first-order chi connectivity index (χ1) is 9.14. The highest BCUT2D eigenvalue weighted by Gasteiger charge is 2.08. The Balaban J connectivity index is 3.26. The Morgan fingerprint density at radius 2 is 1.79 bits per heavy atom. The number of hydrogen-bond donors (Lipinski definition) is 0. The molecule has 0 aliphatic rings. The van der Waals surface area contributed by atoms with Gasteiger partial charge in [-0.2, -0.15) is 0 Å². The summed E-state index contributed by atoms with van der Waals surface area (Å²) in [6.45, 7) is 0. The number of esters is 1. The lowest BCUT2D eigenvalue weighted by atomic mass is 10.1. The molecule has 1 aromatic rings. The van der Waals surface area contributed by atoms with E-state index < -0.39 is 5.97 Å². The Hall–Kier alpha value is -2.66. The zero-order valence-corrected chi connectivity index (χ0v) is 10.8. The van der Waals surface area contributed by atoms with Gasteiger partial charge in [0.1, 0.15) is 17.2 Å². The van der Waals surface area contributed by atoms with Crippen LogP contribution >= 0.6 is 0 Å². The molecule has 0 aromatic heterocycles. The van der Waals surface area contributed by atoms with E-state index in [1.165, 1.54) is 27.4 Å². The van der Waals surface area contributed by atoms with Gasteiger partial charge in [-0.15, -0.1) is 0 Å². The van der Waals surface area contributed by atoms with Gasteiger partial charge < -0.3 is 14.2 Å². The van der Waals surface area contributed by atoms with Crippen molar-refractivity contribution in [1.82, 2.24) is 0 Å². The van der Waals surface area contributed by atoms with Crippen molar-refractivity contribution in [3.63, 3.8) is 0 Å². The molecule has 0 radical (unpaired) electrons. The maximum atomic E-state index is 11.4. The minimum absolute atomic E-state index is 0.152. The molecule has 7 nitrogen and oxygen atoms in total. The van der Waals surface area contributed by atoms with Crippen LogP contribution in [0.3, 0.4) is 0 Å². The Kier molecular flexibility index (Phi) is 5.25. The van der Waals surface area contributed by atoms with Gasteiger partial charge in [0.25, 0.3) is 0 Å². The lowest BCUT2D eigenvalue weighted by Crippen LogP contribution is -2.02. The molecule has 0 atom stereocenters. The first kappa shape index (κ1) is 14.4. The van der Waals surface area contributed by atoms with Crippen LogP contribution in [0, 0.1) is 0 Å². The van der Waals surface area contributed by atoms with Gasteiger partial charge in [0.05, 0.1) is 21.3 Å². The van der Waals surface area contributed by atoms with E-state index in [0.29, 0.717) is 17.1 Å². The van der Waals surface area contributed by atoms with Crippen molar-refractivity contribution >= 4 is 12.0 Å². The largest absolute Gasteiger partial charge is 0.497 e. The number of nitrogens with zero attached hydrogens (tertiary/aromatic N) is 3. The fourth-order valence-corrected chi connectivity index (χ4v) is 1.35. The summed E-state index contributed by atoms with van der Waals surface area (Å²) >= 11 is 0. The smallest absolute Gasteiger partial charge is 0.340 e. The molecule has 0 amide bonds. The predicted molar refractivity (Wildman–Crippen MR) is 68.7 cm³/mol. The summed E-state index contributed by atoms with van der Waals surface area (Å²) in [4.78, 5) is 14.0. The fourth-order valence-electron chi connectivity index (χ4n) is 1.35. The SMILES string of the molecule is COC(=O)C(=Cc1cc(OC)cc(OC)c1)N=[N+]=[N-]. The molecule has 0 saturated carbocycles. The molecule has 1 rings (SSSR count). The first-order valence-corrected chi connectivity index (χ1v) is 5.22. The number of rotatable bonds is 5. The van der Waals surface area contributed by atoms with Crippen LogP contribution in [-0.2, 0) is 9.53 Å². The van der Waals surface area contributed by atoms with Crippen molar-refractivity contribution in [3.05, 3.63) is 39.9 Å². The molecule has 19 heavy (non-hydrogen) atoms. The molecule has 7 heteroatoms. The molecule has 0 heterocycles. The quantitative estimate of drug-likeness (QED) is 0.268. The minimum Gasteiger partial charge on any atom is -0.497 e. The molecule has 0 fully saturated rings. The van der Waals surface area contributed by atoms with Crippen molar-refractivity contribution in [2.24, 2.45) is 5.11 Å². The van der Waals surface area contributed by atoms with Crippen molar-refractivity contribution in [1.29, 1.82) is 0 Å². The summed E-state index contributed by atoms with van der Waals surface area (Å²) < 4.78 is 14.7. The van der Waals surface area contributed by atoms with E-state index in [4.69, 9.17) is 15.0 Å². The third-order valence-electron chi connectivity index (χ3n) is 2.22. The third-order valence-corrected chi connectivity index (χ3v) is 2.22. The van der Waals surface area contributed by atoms with Gasteiger partial charge in [-0.05, 0) is 29.3 Å². The van der Waals surface area contributed by atoms with Crippen molar-refractivity contribution in [2.75, 3.05) is 21.3 Å². The highest BCUT2D eigenvalue weighted by molar-refractivity contribution is 5.93. The highest BCUT2D eigenvalue weighted by Crippen LogP contribution is 2.24. The summed E-state index contributed by atoms with van der Waals surface area (Å²) in [5.41, 5.74) is 8.86. The average molecular weight is 263 g/mol. The van der Waals surface area contributed by atoms with Crippen molar-refractivity contribution in [3.8, 4) is 11.5 Å².